The first-order chi connectivity index (χ1) is 5.38. The second kappa shape index (κ2) is 3.60. The molecule has 0 aromatic heterocycles. The molecule has 1 aliphatic carbocycles. The Morgan fingerprint density at radius 1 is 0.909 bits per heavy atom. The highest BCUT2D eigenvalue weighted by atomic mass is 14.0. The van der Waals surface area contributed by atoms with Crippen molar-refractivity contribution in [1.82, 2.24) is 0 Å². The van der Waals surface area contributed by atoms with E-state index in [9.17, 15) is 0 Å². The van der Waals surface area contributed by atoms with Crippen molar-refractivity contribution in [2.24, 2.45) is 0 Å². The molecule has 0 N–H and O–H groups in total. The van der Waals surface area contributed by atoms with Crippen molar-refractivity contribution < 1.29 is 0 Å². The summed E-state index contributed by atoms with van der Waals surface area (Å²) in [5.74, 6) is 0. The van der Waals surface area contributed by atoms with Gasteiger partial charge in [-0.1, -0.05) is 49.6 Å². The third-order valence-electron chi connectivity index (χ3n) is 1.44. The topological polar surface area (TPSA) is 0 Å². The lowest BCUT2D eigenvalue weighted by Crippen LogP contribution is -1.85. The quantitative estimate of drug-likeness (QED) is 0.496. The van der Waals surface area contributed by atoms with Crippen LogP contribution in [0.2, 0.25) is 0 Å². The number of hydrogen-bond donors (Lipinski definition) is 0. The summed E-state index contributed by atoms with van der Waals surface area (Å²) in [5, 5.41) is 0. The summed E-state index contributed by atoms with van der Waals surface area (Å²) < 4.78 is 0. The van der Waals surface area contributed by atoms with Gasteiger partial charge in [-0.15, -0.1) is 5.73 Å². The first kappa shape index (κ1) is 7.59. The molecule has 1 aromatic rings. The molecule has 0 aliphatic heterocycles. The van der Waals surface area contributed by atoms with Gasteiger partial charge in [0.1, 0.15) is 0 Å². The van der Waals surface area contributed by atoms with Gasteiger partial charge in [-0.3, -0.25) is 0 Å². The van der Waals surface area contributed by atoms with Crippen LogP contribution in [0, 0.1) is 0 Å². The van der Waals surface area contributed by atoms with E-state index in [4.69, 9.17) is 0 Å². The van der Waals surface area contributed by atoms with Gasteiger partial charge in [0.15, 0.2) is 0 Å². The van der Waals surface area contributed by atoms with Gasteiger partial charge in [-0.05, 0) is 11.1 Å². The molecule has 0 atom stereocenters. The van der Waals surface area contributed by atoms with E-state index in [-0.39, 0.29) is 0 Å². The summed E-state index contributed by atoms with van der Waals surface area (Å²) in [4.78, 5) is 0. The zero-order valence-electron chi connectivity index (χ0n) is 6.38. The highest BCUT2D eigenvalue weighted by Gasteiger charge is 1.99. The molecule has 0 fully saturated rings. The Labute approximate surface area is 67.2 Å². The molecule has 0 saturated heterocycles. The van der Waals surface area contributed by atoms with Crippen LogP contribution in [0.15, 0.2) is 43.2 Å². The van der Waals surface area contributed by atoms with E-state index in [0.717, 1.165) is 0 Å². The van der Waals surface area contributed by atoms with Crippen molar-refractivity contribution >= 4 is 12.2 Å². The lowest BCUT2D eigenvalue weighted by Gasteiger charge is -2.06. The molecule has 11 heavy (non-hydrogen) atoms. The second-order valence-corrected chi connectivity index (χ2v) is 2.21. The van der Waals surface area contributed by atoms with Crippen LogP contribution in [0.3, 0.4) is 0 Å². The Kier molecular flexibility index (Phi) is 2.48. The Morgan fingerprint density at radius 3 is 1.45 bits per heavy atom. The molecule has 0 amide bonds. The first-order valence-electron chi connectivity index (χ1n) is 3.45. The van der Waals surface area contributed by atoms with Crippen molar-refractivity contribution in [2.75, 3.05) is 0 Å². The molecule has 2 rings (SSSR count). The van der Waals surface area contributed by atoms with Gasteiger partial charge in [-0.2, -0.15) is 0 Å². The first-order valence-corrected chi connectivity index (χ1v) is 3.45. The zero-order chi connectivity index (χ0) is 8.10. The summed E-state index contributed by atoms with van der Waals surface area (Å²) in [7, 11) is 0. The molecule has 1 aromatic carbocycles. The lowest BCUT2D eigenvalue weighted by molar-refractivity contribution is 1.58. The molecule has 54 valence electrons. The van der Waals surface area contributed by atoms with Crippen LogP contribution in [0.1, 0.15) is 11.1 Å². The van der Waals surface area contributed by atoms with Crippen molar-refractivity contribution in [3.63, 3.8) is 0 Å². The maximum Gasteiger partial charge on any atom is -0.0184 e. The van der Waals surface area contributed by atoms with Crippen LogP contribution in [0.5, 0.6) is 0 Å². The summed E-state index contributed by atoms with van der Waals surface area (Å²) in [6.07, 6.45) is 4.24. The Hall–Kier alpha value is -1.52. The molecule has 0 spiro atoms. The van der Waals surface area contributed by atoms with Crippen molar-refractivity contribution in [1.29, 1.82) is 0 Å². The van der Waals surface area contributed by atoms with Crippen molar-refractivity contribution in [3.8, 4) is 0 Å². The molecular weight excluding hydrogens is 132 g/mol. The molecule has 1 aliphatic rings. The third kappa shape index (κ3) is 1.70. The molecule has 0 heteroatoms. The maximum atomic E-state index is 3.12. The van der Waals surface area contributed by atoms with E-state index < -0.39 is 0 Å². The van der Waals surface area contributed by atoms with E-state index in [1.165, 1.54) is 11.1 Å². The largest absolute Gasteiger partial charge is 0.137 e. The SMILES string of the molecule is C1=Cc2ccccc21.C=C=C. The molecule has 0 radical (unpaired) electrons. The van der Waals surface area contributed by atoms with Gasteiger partial charge in [0, 0.05) is 0 Å². The van der Waals surface area contributed by atoms with Crippen LogP contribution >= 0.6 is 0 Å². The highest BCUT2D eigenvalue weighted by Crippen LogP contribution is 2.21. The Balaban J connectivity index is 0.000000179. The molecule has 0 unspecified atom stereocenters. The standard InChI is InChI=1S/C8H6.C3H4/c1-2-4-8-6-5-7(8)3-1;1-3-2/h1-6H;1-2H2. The average molecular weight is 142 g/mol. The fourth-order valence-electron chi connectivity index (χ4n) is 0.898. The van der Waals surface area contributed by atoms with Crippen LogP contribution < -0.4 is 0 Å². The van der Waals surface area contributed by atoms with Gasteiger partial charge in [-0.25, -0.2) is 0 Å². The van der Waals surface area contributed by atoms with Gasteiger partial charge in [0.25, 0.3) is 0 Å². The van der Waals surface area contributed by atoms with Gasteiger partial charge in [0.2, 0.25) is 0 Å². The van der Waals surface area contributed by atoms with E-state index >= 15 is 0 Å². The summed E-state index contributed by atoms with van der Waals surface area (Å²) in [6, 6.07) is 8.36. The van der Waals surface area contributed by atoms with E-state index in [0.29, 0.717) is 0 Å². The predicted octanol–water partition coefficient (Wildman–Crippen LogP) is 3.13. The molecule has 0 heterocycles. The lowest BCUT2D eigenvalue weighted by atomic mass is 9.99. The molecule has 0 nitrogen and oxygen atoms in total. The number of fused-ring (bicyclic) bond motifs is 1. The van der Waals surface area contributed by atoms with Gasteiger partial charge < -0.3 is 0 Å². The van der Waals surface area contributed by atoms with E-state index in [2.05, 4.69) is 55.3 Å². The number of hydrogen-bond acceptors (Lipinski definition) is 0. The minimum atomic E-state index is 1.37. The maximum absolute atomic E-state index is 3.12. The Bertz CT molecular complexity index is 275. The smallest absolute Gasteiger partial charge is 0.0184 e. The fourth-order valence-corrected chi connectivity index (χ4v) is 0.898. The van der Waals surface area contributed by atoms with Crippen molar-refractivity contribution in [3.05, 3.63) is 54.3 Å². The summed E-state index contributed by atoms with van der Waals surface area (Å²) in [6.45, 7) is 6.25. The average Bonchev–Trinajstić information content (AvgIpc) is 1.94. The van der Waals surface area contributed by atoms with Crippen LogP contribution in [-0.2, 0) is 0 Å². The van der Waals surface area contributed by atoms with Crippen LogP contribution in [-0.4, -0.2) is 0 Å². The zero-order valence-corrected chi connectivity index (χ0v) is 6.38. The normalized spacial score (nSPS) is 9.82. The monoisotopic (exact) mass is 142 g/mol. The minimum Gasteiger partial charge on any atom is -0.137 e. The summed E-state index contributed by atoms with van der Waals surface area (Å²) >= 11 is 0. The third-order valence-corrected chi connectivity index (χ3v) is 1.44. The molecule has 0 bridgehead atoms. The number of rotatable bonds is 0. The molecule has 0 saturated carbocycles. The highest BCUT2D eigenvalue weighted by molar-refractivity contribution is 5.85. The van der Waals surface area contributed by atoms with E-state index in [1.807, 2.05) is 0 Å². The molecular formula is C11H10. The van der Waals surface area contributed by atoms with Crippen molar-refractivity contribution in [2.45, 2.75) is 0 Å². The van der Waals surface area contributed by atoms with Gasteiger partial charge in [0.05, 0.1) is 0 Å². The summed E-state index contributed by atoms with van der Waals surface area (Å²) in [5.41, 5.74) is 4.99. The van der Waals surface area contributed by atoms with Crippen LogP contribution in [0.4, 0.5) is 0 Å². The van der Waals surface area contributed by atoms with Crippen LogP contribution in [0.25, 0.3) is 12.2 Å². The number of benzene rings is 1. The predicted molar refractivity (Wildman–Crippen MR) is 50.1 cm³/mol. The van der Waals surface area contributed by atoms with Gasteiger partial charge >= 0.3 is 0 Å². The van der Waals surface area contributed by atoms with E-state index in [1.54, 1.807) is 0 Å². The second-order valence-electron chi connectivity index (χ2n) is 2.21. The fraction of sp³-hybridized carbons (Fsp3) is 0. The Morgan fingerprint density at radius 2 is 1.27 bits per heavy atom. The minimum absolute atomic E-state index is 1.37.